The average Bonchev–Trinajstić information content (AvgIpc) is 2.32. The Bertz CT molecular complexity index is 433. The van der Waals surface area contributed by atoms with E-state index in [0.717, 1.165) is 16.9 Å². The number of rotatable bonds is 0. The lowest BCUT2D eigenvalue weighted by atomic mass is 10.2. The fourth-order valence-corrected chi connectivity index (χ4v) is 1.56. The van der Waals surface area contributed by atoms with Crippen molar-refractivity contribution in [1.82, 2.24) is 4.98 Å². The highest BCUT2D eigenvalue weighted by atomic mass is 16.1. The standard InChI is InChI=1S/C9H11N3O/c1-5-3-6-7(12(5)2)4-8(10)11-9(6)13/h4H,1,3H2,2H3,(H3,10,11,13). The van der Waals surface area contributed by atoms with Crippen molar-refractivity contribution < 1.29 is 0 Å². The molecule has 0 saturated carbocycles. The molecule has 4 heteroatoms. The molecule has 2 heterocycles. The minimum absolute atomic E-state index is 0.111. The molecule has 1 aliphatic rings. The first-order chi connectivity index (χ1) is 6.09. The fourth-order valence-electron chi connectivity index (χ4n) is 1.56. The molecular weight excluding hydrogens is 166 g/mol. The summed E-state index contributed by atoms with van der Waals surface area (Å²) >= 11 is 0. The molecule has 0 saturated heterocycles. The third-order valence-electron chi connectivity index (χ3n) is 2.35. The maximum Gasteiger partial charge on any atom is 0.255 e. The Morgan fingerprint density at radius 3 is 3.08 bits per heavy atom. The van der Waals surface area contributed by atoms with Crippen LogP contribution in [0, 0.1) is 0 Å². The monoisotopic (exact) mass is 177 g/mol. The largest absolute Gasteiger partial charge is 0.385 e. The number of fused-ring (bicyclic) bond motifs is 1. The quantitative estimate of drug-likeness (QED) is 0.605. The molecular formula is C9H11N3O. The smallest absolute Gasteiger partial charge is 0.255 e. The third-order valence-corrected chi connectivity index (χ3v) is 2.35. The lowest BCUT2D eigenvalue weighted by Gasteiger charge is -2.12. The van der Waals surface area contributed by atoms with Gasteiger partial charge in [0.1, 0.15) is 5.82 Å². The minimum atomic E-state index is -0.111. The Balaban J connectivity index is 2.71. The number of allylic oxidation sites excluding steroid dienone is 1. The second-order valence-corrected chi connectivity index (χ2v) is 3.22. The molecule has 68 valence electrons. The number of nitrogen functional groups attached to an aromatic ring is 1. The molecule has 1 aliphatic heterocycles. The second kappa shape index (κ2) is 2.39. The first-order valence-electron chi connectivity index (χ1n) is 4.03. The van der Waals surface area contributed by atoms with E-state index in [1.165, 1.54) is 0 Å². The number of nitrogens with one attached hydrogen (secondary N) is 1. The first kappa shape index (κ1) is 7.91. The molecule has 0 atom stereocenters. The van der Waals surface area contributed by atoms with Crippen molar-refractivity contribution in [2.45, 2.75) is 6.42 Å². The summed E-state index contributed by atoms with van der Waals surface area (Å²) in [6, 6.07) is 1.76. The van der Waals surface area contributed by atoms with E-state index in [1.54, 1.807) is 6.07 Å². The first-order valence-corrected chi connectivity index (χ1v) is 4.03. The fraction of sp³-hybridized carbons (Fsp3) is 0.222. The highest BCUT2D eigenvalue weighted by molar-refractivity contribution is 5.66. The Hall–Kier alpha value is -1.71. The molecule has 3 N–H and O–H groups in total. The number of H-pyrrole nitrogens is 1. The van der Waals surface area contributed by atoms with Gasteiger partial charge in [0.15, 0.2) is 0 Å². The van der Waals surface area contributed by atoms with Gasteiger partial charge in [-0.25, -0.2) is 0 Å². The zero-order chi connectivity index (χ0) is 9.59. The predicted molar refractivity (Wildman–Crippen MR) is 52.7 cm³/mol. The third kappa shape index (κ3) is 1.02. The summed E-state index contributed by atoms with van der Waals surface area (Å²) in [5, 5.41) is 0. The van der Waals surface area contributed by atoms with Crippen molar-refractivity contribution in [2.24, 2.45) is 0 Å². The number of anilines is 2. The number of nitrogens with two attached hydrogens (primary N) is 1. The van der Waals surface area contributed by atoms with Gasteiger partial charge in [0, 0.05) is 30.8 Å². The Morgan fingerprint density at radius 1 is 1.69 bits per heavy atom. The number of likely N-dealkylation sites (N-methyl/N-ethyl adjacent to an activating group) is 1. The van der Waals surface area contributed by atoms with Gasteiger partial charge in [0.25, 0.3) is 5.56 Å². The number of aromatic amines is 1. The van der Waals surface area contributed by atoms with Crippen LogP contribution in [0.4, 0.5) is 11.5 Å². The zero-order valence-corrected chi connectivity index (χ0v) is 7.42. The summed E-state index contributed by atoms with van der Waals surface area (Å²) in [5.74, 6) is 0.394. The number of nitrogens with zero attached hydrogens (tertiary/aromatic N) is 1. The van der Waals surface area contributed by atoms with E-state index in [-0.39, 0.29) is 5.56 Å². The van der Waals surface area contributed by atoms with Crippen LogP contribution in [0.5, 0.6) is 0 Å². The summed E-state index contributed by atoms with van der Waals surface area (Å²) in [7, 11) is 1.88. The van der Waals surface area contributed by atoms with Gasteiger partial charge in [-0.3, -0.25) is 4.79 Å². The second-order valence-electron chi connectivity index (χ2n) is 3.22. The van der Waals surface area contributed by atoms with E-state index < -0.39 is 0 Å². The van der Waals surface area contributed by atoms with Crippen molar-refractivity contribution in [1.29, 1.82) is 0 Å². The molecule has 1 aromatic rings. The van der Waals surface area contributed by atoms with Gasteiger partial charge >= 0.3 is 0 Å². The van der Waals surface area contributed by atoms with Gasteiger partial charge in [-0.1, -0.05) is 6.58 Å². The molecule has 4 nitrogen and oxygen atoms in total. The molecule has 2 rings (SSSR count). The maximum atomic E-state index is 11.4. The molecule has 0 spiro atoms. The van der Waals surface area contributed by atoms with Crippen LogP contribution >= 0.6 is 0 Å². The van der Waals surface area contributed by atoms with E-state index in [2.05, 4.69) is 11.6 Å². The van der Waals surface area contributed by atoms with E-state index >= 15 is 0 Å². The van der Waals surface area contributed by atoms with E-state index in [4.69, 9.17) is 5.73 Å². The predicted octanol–water partition coefficient (Wildman–Crippen LogP) is 0.463. The number of aromatic nitrogens is 1. The van der Waals surface area contributed by atoms with Crippen LogP contribution < -0.4 is 16.2 Å². The van der Waals surface area contributed by atoms with Gasteiger partial charge in [-0.2, -0.15) is 0 Å². The molecule has 0 radical (unpaired) electrons. The van der Waals surface area contributed by atoms with E-state index in [0.29, 0.717) is 12.2 Å². The molecule has 0 aliphatic carbocycles. The van der Waals surface area contributed by atoms with Gasteiger partial charge in [-0.05, 0) is 0 Å². The molecule has 0 bridgehead atoms. The van der Waals surface area contributed by atoms with E-state index in [9.17, 15) is 4.79 Å². The van der Waals surface area contributed by atoms with Crippen LogP contribution in [0.15, 0.2) is 23.1 Å². The zero-order valence-electron chi connectivity index (χ0n) is 7.42. The van der Waals surface area contributed by atoms with Crippen molar-refractivity contribution in [3.8, 4) is 0 Å². The number of pyridine rings is 1. The molecule has 0 aromatic carbocycles. The van der Waals surface area contributed by atoms with Gasteiger partial charge < -0.3 is 15.6 Å². The van der Waals surface area contributed by atoms with E-state index in [1.807, 2.05) is 11.9 Å². The summed E-state index contributed by atoms with van der Waals surface area (Å²) in [6.45, 7) is 3.85. The molecule has 0 fully saturated rings. The normalized spacial score (nSPS) is 14.8. The molecule has 0 unspecified atom stereocenters. The van der Waals surface area contributed by atoms with Gasteiger partial charge in [0.05, 0.1) is 5.69 Å². The topological polar surface area (TPSA) is 62.1 Å². The van der Waals surface area contributed by atoms with Crippen LogP contribution in [-0.2, 0) is 6.42 Å². The summed E-state index contributed by atoms with van der Waals surface area (Å²) < 4.78 is 0. The Labute approximate surface area is 75.7 Å². The molecule has 13 heavy (non-hydrogen) atoms. The molecule has 1 aromatic heterocycles. The van der Waals surface area contributed by atoms with Crippen molar-refractivity contribution >= 4 is 11.5 Å². The molecule has 0 amide bonds. The summed E-state index contributed by atoms with van der Waals surface area (Å²) in [6.07, 6.45) is 0.613. The highest BCUT2D eigenvalue weighted by Crippen LogP contribution is 2.30. The minimum Gasteiger partial charge on any atom is -0.385 e. The van der Waals surface area contributed by atoms with Crippen LogP contribution in [0.25, 0.3) is 0 Å². The van der Waals surface area contributed by atoms with Crippen molar-refractivity contribution in [3.63, 3.8) is 0 Å². The van der Waals surface area contributed by atoms with Crippen LogP contribution in [0.3, 0.4) is 0 Å². The van der Waals surface area contributed by atoms with Gasteiger partial charge in [0.2, 0.25) is 0 Å². The van der Waals surface area contributed by atoms with Gasteiger partial charge in [-0.15, -0.1) is 0 Å². The SMILES string of the molecule is C=C1Cc2c(cc(N)[nH]c2=O)N1C. The van der Waals surface area contributed by atoms with Crippen molar-refractivity contribution in [2.75, 3.05) is 17.7 Å². The lowest BCUT2D eigenvalue weighted by Crippen LogP contribution is -2.14. The van der Waals surface area contributed by atoms with Crippen LogP contribution in [0.1, 0.15) is 5.56 Å². The lowest BCUT2D eigenvalue weighted by molar-refractivity contribution is 1.10. The van der Waals surface area contributed by atoms with Crippen LogP contribution in [-0.4, -0.2) is 12.0 Å². The average molecular weight is 177 g/mol. The van der Waals surface area contributed by atoms with Crippen molar-refractivity contribution in [3.05, 3.63) is 34.3 Å². The van der Waals surface area contributed by atoms with Crippen LogP contribution in [0.2, 0.25) is 0 Å². The summed E-state index contributed by atoms with van der Waals surface area (Å²) in [5.41, 5.74) is 7.96. The highest BCUT2D eigenvalue weighted by Gasteiger charge is 2.22. The summed E-state index contributed by atoms with van der Waals surface area (Å²) in [4.78, 5) is 15.9. The number of hydrogen-bond donors (Lipinski definition) is 2. The Kier molecular flexibility index (Phi) is 1.45. The Morgan fingerprint density at radius 2 is 2.38 bits per heavy atom. The maximum absolute atomic E-state index is 11.4. The number of hydrogen-bond acceptors (Lipinski definition) is 3.